The number of methoxy groups -OCH3 is 1. The number of hydrogen-bond donors (Lipinski definition) is 0. The molecule has 1 aromatic heterocycles. The molecule has 29 heavy (non-hydrogen) atoms. The summed E-state index contributed by atoms with van der Waals surface area (Å²) in [6, 6.07) is 18.6. The lowest BCUT2D eigenvalue weighted by molar-refractivity contribution is -0.148. The molecule has 2 aromatic carbocycles. The van der Waals surface area contributed by atoms with Gasteiger partial charge < -0.3 is 14.4 Å². The van der Waals surface area contributed by atoms with E-state index in [1.165, 1.54) is 0 Å². The third-order valence-corrected chi connectivity index (χ3v) is 5.54. The van der Waals surface area contributed by atoms with Crippen molar-refractivity contribution >= 4 is 22.7 Å². The summed E-state index contributed by atoms with van der Waals surface area (Å²) in [6.07, 6.45) is 1.63. The Kier molecular flexibility index (Phi) is 5.65. The standard InChI is InChI=1S/C24H26N2O3/c1-3-29-24(27)18-12-14-26(15-13-18)23-11-7-20-16-19(6-10-22(20)25-23)17-4-8-21(28-2)9-5-17/h4-11,16,18H,3,12-15H2,1-2H3. The molecular formula is C24H26N2O3. The Morgan fingerprint density at radius 3 is 2.45 bits per heavy atom. The molecule has 5 heteroatoms. The maximum Gasteiger partial charge on any atom is 0.309 e. The zero-order valence-corrected chi connectivity index (χ0v) is 16.9. The second kappa shape index (κ2) is 8.52. The lowest BCUT2D eigenvalue weighted by Crippen LogP contribution is -2.37. The smallest absolute Gasteiger partial charge is 0.309 e. The van der Waals surface area contributed by atoms with Crippen LogP contribution in [0.15, 0.2) is 54.6 Å². The molecule has 1 aliphatic rings. The first-order valence-electron chi connectivity index (χ1n) is 10.1. The number of pyridine rings is 1. The van der Waals surface area contributed by atoms with Crippen LogP contribution in [0.25, 0.3) is 22.0 Å². The van der Waals surface area contributed by atoms with E-state index in [9.17, 15) is 4.79 Å². The van der Waals surface area contributed by atoms with Crippen LogP contribution in [0, 0.1) is 5.92 Å². The van der Waals surface area contributed by atoms with E-state index < -0.39 is 0 Å². The van der Waals surface area contributed by atoms with Gasteiger partial charge in [-0.05, 0) is 67.3 Å². The molecule has 1 saturated heterocycles. The second-order valence-corrected chi connectivity index (χ2v) is 7.32. The van der Waals surface area contributed by atoms with Crippen LogP contribution < -0.4 is 9.64 Å². The number of aromatic nitrogens is 1. The normalized spacial score (nSPS) is 14.8. The number of ether oxygens (including phenoxy) is 2. The molecule has 4 rings (SSSR count). The van der Waals surface area contributed by atoms with Crippen molar-refractivity contribution in [1.29, 1.82) is 0 Å². The summed E-state index contributed by atoms with van der Waals surface area (Å²) >= 11 is 0. The van der Waals surface area contributed by atoms with Gasteiger partial charge in [0.25, 0.3) is 0 Å². The maximum atomic E-state index is 11.9. The Balaban J connectivity index is 1.49. The first-order chi connectivity index (χ1) is 14.2. The molecule has 2 heterocycles. The summed E-state index contributed by atoms with van der Waals surface area (Å²) in [7, 11) is 1.67. The van der Waals surface area contributed by atoms with Crippen molar-refractivity contribution in [3.8, 4) is 16.9 Å². The van der Waals surface area contributed by atoms with E-state index in [1.54, 1.807) is 7.11 Å². The molecule has 0 aliphatic carbocycles. The maximum absolute atomic E-state index is 11.9. The van der Waals surface area contributed by atoms with Crippen LogP contribution in [0.5, 0.6) is 5.75 Å². The number of piperidine rings is 1. The Morgan fingerprint density at radius 2 is 1.76 bits per heavy atom. The predicted molar refractivity (Wildman–Crippen MR) is 115 cm³/mol. The van der Waals surface area contributed by atoms with Crippen LogP contribution in [-0.2, 0) is 9.53 Å². The van der Waals surface area contributed by atoms with Crippen LogP contribution in [0.4, 0.5) is 5.82 Å². The number of fused-ring (bicyclic) bond motifs is 1. The van der Waals surface area contributed by atoms with Crippen LogP contribution in [0.1, 0.15) is 19.8 Å². The highest BCUT2D eigenvalue weighted by Crippen LogP contribution is 2.28. The number of nitrogens with zero attached hydrogens (tertiary/aromatic N) is 2. The monoisotopic (exact) mass is 390 g/mol. The van der Waals surface area contributed by atoms with Crippen molar-refractivity contribution in [3.05, 3.63) is 54.6 Å². The van der Waals surface area contributed by atoms with Crippen LogP contribution in [0.3, 0.4) is 0 Å². The average Bonchev–Trinajstić information content (AvgIpc) is 2.78. The highest BCUT2D eigenvalue weighted by atomic mass is 16.5. The average molecular weight is 390 g/mol. The molecule has 0 N–H and O–H groups in total. The largest absolute Gasteiger partial charge is 0.497 e. The van der Waals surface area contributed by atoms with Gasteiger partial charge in [-0.2, -0.15) is 0 Å². The molecule has 0 bridgehead atoms. The van der Waals surface area contributed by atoms with Crippen LogP contribution >= 0.6 is 0 Å². The quantitative estimate of drug-likeness (QED) is 0.592. The van der Waals surface area contributed by atoms with Gasteiger partial charge in [0.15, 0.2) is 0 Å². The molecule has 5 nitrogen and oxygen atoms in total. The van der Waals surface area contributed by atoms with E-state index in [0.717, 1.165) is 59.5 Å². The zero-order chi connectivity index (χ0) is 20.2. The molecule has 0 spiro atoms. The molecule has 0 saturated carbocycles. The van der Waals surface area contributed by atoms with Crippen molar-refractivity contribution in [2.24, 2.45) is 5.92 Å². The number of rotatable bonds is 5. The first-order valence-corrected chi connectivity index (χ1v) is 10.1. The van der Waals surface area contributed by atoms with Gasteiger partial charge in [-0.25, -0.2) is 4.98 Å². The number of carbonyl (C=O) groups excluding carboxylic acids is 1. The van der Waals surface area contributed by atoms with E-state index in [-0.39, 0.29) is 11.9 Å². The van der Waals surface area contributed by atoms with Gasteiger partial charge in [0.1, 0.15) is 11.6 Å². The minimum Gasteiger partial charge on any atom is -0.497 e. The van der Waals surface area contributed by atoms with Gasteiger partial charge in [0, 0.05) is 18.5 Å². The highest BCUT2D eigenvalue weighted by Gasteiger charge is 2.26. The Hall–Kier alpha value is -3.08. The van der Waals surface area contributed by atoms with Gasteiger partial charge in [0.2, 0.25) is 0 Å². The van der Waals surface area contributed by atoms with Crippen molar-refractivity contribution < 1.29 is 14.3 Å². The molecule has 0 unspecified atom stereocenters. The molecular weight excluding hydrogens is 364 g/mol. The number of hydrogen-bond acceptors (Lipinski definition) is 5. The van der Waals surface area contributed by atoms with E-state index >= 15 is 0 Å². The fourth-order valence-corrected chi connectivity index (χ4v) is 3.86. The van der Waals surface area contributed by atoms with Crippen molar-refractivity contribution in [2.75, 3.05) is 31.7 Å². The number of esters is 1. The molecule has 0 amide bonds. The summed E-state index contributed by atoms with van der Waals surface area (Å²) in [5.74, 6) is 1.77. The second-order valence-electron chi connectivity index (χ2n) is 7.32. The third-order valence-electron chi connectivity index (χ3n) is 5.54. The summed E-state index contributed by atoms with van der Waals surface area (Å²) in [6.45, 7) is 3.95. The van der Waals surface area contributed by atoms with Gasteiger partial charge >= 0.3 is 5.97 Å². The first kappa shape index (κ1) is 19.2. The number of benzene rings is 2. The van der Waals surface area contributed by atoms with Crippen molar-refractivity contribution in [1.82, 2.24) is 4.98 Å². The molecule has 150 valence electrons. The highest BCUT2D eigenvalue weighted by molar-refractivity contribution is 5.85. The number of anilines is 1. The third kappa shape index (κ3) is 4.19. The summed E-state index contributed by atoms with van der Waals surface area (Å²) in [5.41, 5.74) is 3.29. The SMILES string of the molecule is CCOC(=O)C1CCN(c2ccc3cc(-c4ccc(OC)cc4)ccc3n2)CC1. The fraction of sp³-hybridized carbons (Fsp3) is 0.333. The topological polar surface area (TPSA) is 51.7 Å². The zero-order valence-electron chi connectivity index (χ0n) is 16.9. The minimum absolute atomic E-state index is 0.0127. The van der Waals surface area contributed by atoms with Crippen LogP contribution in [-0.4, -0.2) is 37.8 Å². The van der Waals surface area contributed by atoms with E-state index in [2.05, 4.69) is 47.4 Å². The molecule has 3 aromatic rings. The summed E-state index contributed by atoms with van der Waals surface area (Å²) < 4.78 is 10.4. The summed E-state index contributed by atoms with van der Waals surface area (Å²) in [5, 5.41) is 1.11. The lowest BCUT2D eigenvalue weighted by atomic mass is 9.97. The molecule has 1 aliphatic heterocycles. The summed E-state index contributed by atoms with van der Waals surface area (Å²) in [4.78, 5) is 19.1. The van der Waals surface area contributed by atoms with Gasteiger partial charge in [-0.3, -0.25) is 4.79 Å². The predicted octanol–water partition coefficient (Wildman–Crippen LogP) is 4.69. The van der Waals surface area contributed by atoms with Gasteiger partial charge in [-0.15, -0.1) is 0 Å². The van der Waals surface area contributed by atoms with E-state index in [0.29, 0.717) is 6.61 Å². The molecule has 0 atom stereocenters. The van der Waals surface area contributed by atoms with E-state index in [1.807, 2.05) is 19.1 Å². The fourth-order valence-electron chi connectivity index (χ4n) is 3.86. The minimum atomic E-state index is -0.0651. The Labute approximate surface area is 171 Å². The van der Waals surface area contributed by atoms with Crippen molar-refractivity contribution in [3.63, 3.8) is 0 Å². The van der Waals surface area contributed by atoms with E-state index in [4.69, 9.17) is 14.5 Å². The van der Waals surface area contributed by atoms with Gasteiger partial charge in [0.05, 0.1) is 25.2 Å². The number of carbonyl (C=O) groups is 1. The lowest BCUT2D eigenvalue weighted by Gasteiger charge is -2.31. The molecule has 0 radical (unpaired) electrons. The Bertz CT molecular complexity index is 993. The van der Waals surface area contributed by atoms with Crippen molar-refractivity contribution in [2.45, 2.75) is 19.8 Å². The Morgan fingerprint density at radius 1 is 1.03 bits per heavy atom. The van der Waals surface area contributed by atoms with Crippen LogP contribution in [0.2, 0.25) is 0 Å². The molecule has 1 fully saturated rings. The van der Waals surface area contributed by atoms with Gasteiger partial charge in [-0.1, -0.05) is 18.2 Å².